The van der Waals surface area contributed by atoms with Crippen molar-refractivity contribution < 1.29 is 4.74 Å². The number of hydrogen-bond acceptors (Lipinski definition) is 1. The summed E-state index contributed by atoms with van der Waals surface area (Å²) in [5, 5.41) is 0. The van der Waals surface area contributed by atoms with Gasteiger partial charge in [0.25, 0.3) is 0 Å². The molecule has 0 bridgehead atoms. The van der Waals surface area contributed by atoms with Crippen LogP contribution < -0.4 is 0 Å². The molecular weight excluding hydrogens is 256 g/mol. The van der Waals surface area contributed by atoms with Gasteiger partial charge in [-0.3, -0.25) is 0 Å². The SMILES string of the molecule is C=C(C)[C@@H]1C/C=C(\C)CC[C@H]2O[C@@]2(C)CC/C=C(\C)CC1. The van der Waals surface area contributed by atoms with Crippen LogP contribution in [0.5, 0.6) is 0 Å². The lowest BCUT2D eigenvalue weighted by Crippen LogP contribution is -2.09. The highest BCUT2D eigenvalue weighted by atomic mass is 16.6. The minimum Gasteiger partial charge on any atom is -0.366 e. The lowest BCUT2D eigenvalue weighted by molar-refractivity contribution is 0.295. The zero-order valence-electron chi connectivity index (χ0n) is 14.4. The summed E-state index contributed by atoms with van der Waals surface area (Å²) in [5.41, 5.74) is 4.53. The maximum Gasteiger partial charge on any atom is 0.0923 e. The summed E-state index contributed by atoms with van der Waals surface area (Å²) in [6.07, 6.45) is 13.6. The molecule has 0 spiro atoms. The van der Waals surface area contributed by atoms with Gasteiger partial charge < -0.3 is 4.74 Å². The number of rotatable bonds is 1. The molecule has 1 fully saturated rings. The molecule has 1 aliphatic heterocycles. The summed E-state index contributed by atoms with van der Waals surface area (Å²) >= 11 is 0. The van der Waals surface area contributed by atoms with E-state index in [2.05, 4.69) is 46.4 Å². The van der Waals surface area contributed by atoms with E-state index in [4.69, 9.17) is 4.74 Å². The molecule has 2 aliphatic rings. The van der Waals surface area contributed by atoms with Crippen molar-refractivity contribution in [3.05, 3.63) is 35.5 Å². The third kappa shape index (κ3) is 4.85. The topological polar surface area (TPSA) is 12.5 Å². The minimum absolute atomic E-state index is 0.154. The fraction of sp³-hybridized carbons (Fsp3) is 0.700. The third-order valence-electron chi connectivity index (χ3n) is 5.30. The van der Waals surface area contributed by atoms with Gasteiger partial charge in [0.05, 0.1) is 11.7 Å². The second-order valence-corrected chi connectivity index (χ2v) is 7.42. The standard InChI is InChI=1S/C20H32O/c1-15(2)18-11-8-16(3)7-6-14-20(5)19(21-20)13-10-17(4)9-12-18/h7,9,18-19H,1,6,8,10-14H2,2-5H3/b16-7+,17-9+/t18-,19+,20-/m0/s1. The fourth-order valence-electron chi connectivity index (χ4n) is 3.35. The molecule has 0 radical (unpaired) electrons. The van der Waals surface area contributed by atoms with E-state index in [0.29, 0.717) is 12.0 Å². The van der Waals surface area contributed by atoms with E-state index in [9.17, 15) is 0 Å². The number of hydrogen-bond donors (Lipinski definition) is 0. The van der Waals surface area contributed by atoms with Crippen molar-refractivity contribution in [2.45, 2.75) is 84.3 Å². The molecule has 0 aromatic carbocycles. The Labute approximate surface area is 131 Å². The maximum absolute atomic E-state index is 5.95. The second-order valence-electron chi connectivity index (χ2n) is 7.42. The molecule has 0 aromatic rings. The molecule has 0 saturated carbocycles. The summed E-state index contributed by atoms with van der Waals surface area (Å²) in [4.78, 5) is 0. The summed E-state index contributed by atoms with van der Waals surface area (Å²) < 4.78 is 5.95. The Morgan fingerprint density at radius 1 is 1.19 bits per heavy atom. The van der Waals surface area contributed by atoms with E-state index >= 15 is 0 Å². The average molecular weight is 288 g/mol. The Hall–Kier alpha value is -0.820. The molecule has 2 rings (SSSR count). The van der Waals surface area contributed by atoms with Crippen molar-refractivity contribution in [2.75, 3.05) is 0 Å². The van der Waals surface area contributed by atoms with Crippen LogP contribution in [0.1, 0.15) is 72.6 Å². The normalized spacial score (nSPS) is 40.0. The van der Waals surface area contributed by atoms with E-state index in [1.807, 2.05) is 0 Å². The van der Waals surface area contributed by atoms with Crippen LogP contribution in [0.2, 0.25) is 0 Å². The number of fused-ring (bicyclic) bond motifs is 1. The molecule has 1 nitrogen and oxygen atoms in total. The molecule has 1 aliphatic carbocycles. The van der Waals surface area contributed by atoms with Gasteiger partial charge in [-0.1, -0.05) is 35.5 Å². The Kier molecular flexibility index (Phi) is 5.48. The second kappa shape index (κ2) is 6.96. The first-order valence-corrected chi connectivity index (χ1v) is 8.55. The van der Waals surface area contributed by atoms with Crippen LogP contribution in [-0.4, -0.2) is 11.7 Å². The molecule has 1 heterocycles. The Balaban J connectivity index is 2.03. The average Bonchev–Trinajstić information content (AvgIpc) is 3.06. The van der Waals surface area contributed by atoms with Crippen LogP contribution in [-0.2, 0) is 4.74 Å². The van der Waals surface area contributed by atoms with E-state index < -0.39 is 0 Å². The Morgan fingerprint density at radius 3 is 2.57 bits per heavy atom. The van der Waals surface area contributed by atoms with Crippen molar-refractivity contribution >= 4 is 0 Å². The van der Waals surface area contributed by atoms with Crippen molar-refractivity contribution in [2.24, 2.45) is 5.92 Å². The monoisotopic (exact) mass is 288 g/mol. The first-order valence-electron chi connectivity index (χ1n) is 8.55. The molecule has 0 aromatic heterocycles. The first-order chi connectivity index (χ1) is 9.90. The minimum atomic E-state index is 0.154. The zero-order valence-corrected chi connectivity index (χ0v) is 14.4. The Morgan fingerprint density at radius 2 is 1.86 bits per heavy atom. The van der Waals surface area contributed by atoms with E-state index in [1.54, 1.807) is 0 Å². The molecule has 0 N–H and O–H groups in total. The van der Waals surface area contributed by atoms with Gasteiger partial charge >= 0.3 is 0 Å². The van der Waals surface area contributed by atoms with E-state index in [1.165, 1.54) is 48.8 Å². The maximum atomic E-state index is 5.95. The molecule has 0 unspecified atom stereocenters. The van der Waals surface area contributed by atoms with Crippen LogP contribution in [0.3, 0.4) is 0 Å². The quantitative estimate of drug-likeness (QED) is 0.427. The predicted molar refractivity (Wildman–Crippen MR) is 91.4 cm³/mol. The van der Waals surface area contributed by atoms with Crippen molar-refractivity contribution in [1.82, 2.24) is 0 Å². The number of allylic oxidation sites excluding steroid dienone is 5. The van der Waals surface area contributed by atoms with Crippen molar-refractivity contribution in [1.29, 1.82) is 0 Å². The lowest BCUT2D eigenvalue weighted by Gasteiger charge is -2.16. The fourth-order valence-corrected chi connectivity index (χ4v) is 3.35. The highest BCUT2D eigenvalue weighted by Gasteiger charge is 2.50. The van der Waals surface area contributed by atoms with Crippen LogP contribution in [0.4, 0.5) is 0 Å². The van der Waals surface area contributed by atoms with Gasteiger partial charge in [0.2, 0.25) is 0 Å². The van der Waals surface area contributed by atoms with Gasteiger partial charge in [-0.2, -0.15) is 0 Å². The first kappa shape index (κ1) is 16.5. The van der Waals surface area contributed by atoms with E-state index in [-0.39, 0.29) is 5.60 Å². The highest BCUT2D eigenvalue weighted by molar-refractivity contribution is 5.10. The number of ether oxygens (including phenoxy) is 1. The van der Waals surface area contributed by atoms with Gasteiger partial charge in [0, 0.05) is 0 Å². The number of epoxide rings is 1. The van der Waals surface area contributed by atoms with Crippen molar-refractivity contribution in [3.8, 4) is 0 Å². The lowest BCUT2D eigenvalue weighted by atomic mass is 9.89. The summed E-state index contributed by atoms with van der Waals surface area (Å²) in [6, 6.07) is 0. The summed E-state index contributed by atoms with van der Waals surface area (Å²) in [7, 11) is 0. The molecule has 0 amide bonds. The molecule has 21 heavy (non-hydrogen) atoms. The van der Waals surface area contributed by atoms with Crippen LogP contribution in [0, 0.1) is 5.92 Å². The van der Waals surface area contributed by atoms with Crippen LogP contribution in [0.15, 0.2) is 35.5 Å². The zero-order chi connectivity index (χ0) is 15.5. The Bertz CT molecular complexity index is 443. The molecule has 3 atom stereocenters. The van der Waals surface area contributed by atoms with E-state index in [0.717, 1.165) is 12.8 Å². The predicted octanol–water partition coefficient (Wildman–Crippen LogP) is 5.97. The van der Waals surface area contributed by atoms with Gasteiger partial charge in [0.15, 0.2) is 0 Å². The van der Waals surface area contributed by atoms with Crippen molar-refractivity contribution in [3.63, 3.8) is 0 Å². The molecule has 118 valence electrons. The van der Waals surface area contributed by atoms with Gasteiger partial charge in [0.1, 0.15) is 0 Å². The largest absolute Gasteiger partial charge is 0.366 e. The smallest absolute Gasteiger partial charge is 0.0923 e. The van der Waals surface area contributed by atoms with Crippen LogP contribution in [0.25, 0.3) is 0 Å². The highest BCUT2D eigenvalue weighted by Crippen LogP contribution is 2.43. The van der Waals surface area contributed by atoms with Crippen LogP contribution >= 0.6 is 0 Å². The van der Waals surface area contributed by atoms with Gasteiger partial charge in [-0.05, 0) is 78.6 Å². The van der Waals surface area contributed by atoms with Gasteiger partial charge in [-0.25, -0.2) is 0 Å². The summed E-state index contributed by atoms with van der Waals surface area (Å²) in [6.45, 7) is 13.2. The molecule has 1 saturated heterocycles. The molecular formula is C20H32O. The van der Waals surface area contributed by atoms with Gasteiger partial charge in [-0.15, -0.1) is 0 Å². The molecule has 1 heteroatoms. The summed E-state index contributed by atoms with van der Waals surface area (Å²) in [5.74, 6) is 0.633. The third-order valence-corrected chi connectivity index (χ3v) is 5.30.